The van der Waals surface area contributed by atoms with E-state index in [1.807, 2.05) is 23.1 Å². The highest BCUT2D eigenvalue weighted by Crippen LogP contribution is 2.35. The highest BCUT2D eigenvalue weighted by atomic mass is 16.1. The van der Waals surface area contributed by atoms with Gasteiger partial charge in [-0.25, -0.2) is 0 Å². The van der Waals surface area contributed by atoms with Crippen LogP contribution in [0.25, 0.3) is 10.9 Å². The summed E-state index contributed by atoms with van der Waals surface area (Å²) in [7, 11) is 0. The molecule has 0 saturated heterocycles. The first-order valence-corrected chi connectivity index (χ1v) is 7.98. The predicted molar refractivity (Wildman–Crippen MR) is 87.5 cm³/mol. The molecule has 116 valence electrons. The average Bonchev–Trinajstić information content (AvgIpc) is 2.89. The average molecular weight is 306 g/mol. The quantitative estimate of drug-likeness (QED) is 0.694. The lowest BCUT2D eigenvalue weighted by Crippen LogP contribution is -2.09. The Labute approximate surface area is 134 Å². The van der Waals surface area contributed by atoms with Gasteiger partial charge < -0.3 is 0 Å². The van der Waals surface area contributed by atoms with Crippen molar-refractivity contribution >= 4 is 16.7 Å². The number of nitrogens with zero attached hydrogens (tertiary/aromatic N) is 4. The first kappa shape index (κ1) is 14.1. The molecule has 0 atom stereocenters. The zero-order valence-electron chi connectivity index (χ0n) is 13.1. The molecule has 3 aromatic rings. The van der Waals surface area contributed by atoms with Crippen molar-refractivity contribution in [2.45, 2.75) is 38.6 Å². The molecule has 4 rings (SSSR count). The summed E-state index contributed by atoms with van der Waals surface area (Å²) in [5.41, 5.74) is 3.57. The number of pyridine rings is 2. The van der Waals surface area contributed by atoms with Crippen LogP contribution in [0.1, 0.15) is 53.8 Å². The number of carbonyl (C=O) groups excluding carboxylic acids is 1. The van der Waals surface area contributed by atoms with Crippen molar-refractivity contribution in [1.29, 1.82) is 0 Å². The van der Waals surface area contributed by atoms with E-state index in [9.17, 15) is 4.79 Å². The van der Waals surface area contributed by atoms with E-state index in [1.165, 1.54) is 31.7 Å². The fourth-order valence-electron chi connectivity index (χ4n) is 3.03. The van der Waals surface area contributed by atoms with Gasteiger partial charge in [0.25, 0.3) is 0 Å². The van der Waals surface area contributed by atoms with E-state index in [-0.39, 0.29) is 5.78 Å². The first-order chi connectivity index (χ1) is 11.2. The Morgan fingerprint density at radius 3 is 2.78 bits per heavy atom. The molecule has 0 unspecified atom stereocenters. The van der Waals surface area contributed by atoms with E-state index >= 15 is 0 Å². The van der Waals surface area contributed by atoms with Crippen LogP contribution in [0.5, 0.6) is 0 Å². The molecule has 0 spiro atoms. The van der Waals surface area contributed by atoms with Crippen molar-refractivity contribution in [2.75, 3.05) is 0 Å². The molecule has 1 fully saturated rings. The minimum absolute atomic E-state index is 0.0434. The lowest BCUT2D eigenvalue weighted by molar-refractivity contribution is 0.101. The van der Waals surface area contributed by atoms with E-state index < -0.39 is 0 Å². The van der Waals surface area contributed by atoms with Gasteiger partial charge in [0.1, 0.15) is 5.69 Å². The normalized spacial score (nSPS) is 14.8. The molecule has 0 N–H and O–H groups in total. The van der Waals surface area contributed by atoms with Gasteiger partial charge in [-0.05, 0) is 36.5 Å². The Kier molecular flexibility index (Phi) is 3.41. The SMILES string of the molecule is CC(=O)c1nccc2nn(Cc3ccc(C4CCC4)cn3)cc12. The van der Waals surface area contributed by atoms with E-state index in [0.717, 1.165) is 16.6 Å². The molecular weight excluding hydrogens is 288 g/mol. The van der Waals surface area contributed by atoms with Crippen LogP contribution in [0.4, 0.5) is 0 Å². The van der Waals surface area contributed by atoms with Crippen LogP contribution in [0.3, 0.4) is 0 Å². The minimum Gasteiger partial charge on any atom is -0.293 e. The van der Waals surface area contributed by atoms with Crippen molar-refractivity contribution < 1.29 is 4.79 Å². The Morgan fingerprint density at radius 2 is 2.13 bits per heavy atom. The Bertz CT molecular complexity index is 862. The number of hydrogen-bond donors (Lipinski definition) is 0. The predicted octanol–water partition coefficient (Wildman–Crippen LogP) is 3.34. The fraction of sp³-hybridized carbons (Fsp3) is 0.333. The summed E-state index contributed by atoms with van der Waals surface area (Å²) in [4.78, 5) is 20.4. The van der Waals surface area contributed by atoms with Crippen LogP contribution in [0.2, 0.25) is 0 Å². The van der Waals surface area contributed by atoms with Gasteiger partial charge in [0, 0.05) is 30.9 Å². The van der Waals surface area contributed by atoms with Crippen molar-refractivity contribution in [2.24, 2.45) is 0 Å². The topological polar surface area (TPSA) is 60.7 Å². The zero-order chi connectivity index (χ0) is 15.8. The Hall–Kier alpha value is -2.56. The number of Topliss-reactive ketones (excluding diaryl/α,β-unsaturated/α-hetero) is 1. The molecule has 0 amide bonds. The number of carbonyl (C=O) groups is 1. The van der Waals surface area contributed by atoms with Gasteiger partial charge in [0.15, 0.2) is 5.78 Å². The van der Waals surface area contributed by atoms with E-state index in [1.54, 1.807) is 6.20 Å². The molecule has 5 heteroatoms. The third-order valence-corrected chi connectivity index (χ3v) is 4.56. The number of hydrogen-bond acceptors (Lipinski definition) is 4. The van der Waals surface area contributed by atoms with Gasteiger partial charge in [-0.1, -0.05) is 12.5 Å². The van der Waals surface area contributed by atoms with Crippen molar-refractivity contribution in [3.8, 4) is 0 Å². The summed E-state index contributed by atoms with van der Waals surface area (Å²) in [6.45, 7) is 2.12. The molecule has 23 heavy (non-hydrogen) atoms. The third kappa shape index (κ3) is 2.63. The molecule has 0 radical (unpaired) electrons. The van der Waals surface area contributed by atoms with Gasteiger partial charge in [0.05, 0.1) is 17.8 Å². The van der Waals surface area contributed by atoms with E-state index in [0.29, 0.717) is 18.2 Å². The molecular formula is C18H18N4O. The number of ketones is 1. The lowest BCUT2D eigenvalue weighted by Gasteiger charge is -2.25. The standard InChI is InChI=1S/C18H18N4O/c1-12(23)18-16-11-22(21-17(16)7-8-19-18)10-15-6-5-14(9-20-15)13-3-2-4-13/h5-9,11,13H,2-4,10H2,1H3. The largest absolute Gasteiger partial charge is 0.293 e. The van der Waals surface area contributed by atoms with Gasteiger partial charge in [-0.2, -0.15) is 5.10 Å². The maximum absolute atomic E-state index is 11.7. The van der Waals surface area contributed by atoms with Gasteiger partial charge in [0.2, 0.25) is 0 Å². The summed E-state index contributed by atoms with van der Waals surface area (Å²) in [5.74, 6) is 0.658. The van der Waals surface area contributed by atoms with Crippen LogP contribution in [0, 0.1) is 0 Å². The molecule has 3 aromatic heterocycles. The first-order valence-electron chi connectivity index (χ1n) is 7.98. The van der Waals surface area contributed by atoms with E-state index in [2.05, 4.69) is 27.2 Å². The molecule has 5 nitrogen and oxygen atoms in total. The van der Waals surface area contributed by atoms with Crippen molar-refractivity contribution in [1.82, 2.24) is 19.7 Å². The highest BCUT2D eigenvalue weighted by molar-refractivity contribution is 6.04. The number of rotatable bonds is 4. The van der Waals surface area contributed by atoms with Crippen LogP contribution < -0.4 is 0 Å². The Balaban J connectivity index is 1.59. The summed E-state index contributed by atoms with van der Waals surface area (Å²) in [6, 6.07) is 6.08. The monoisotopic (exact) mass is 306 g/mol. The van der Waals surface area contributed by atoms with Crippen LogP contribution in [-0.4, -0.2) is 25.5 Å². The van der Waals surface area contributed by atoms with Gasteiger partial charge in [-0.15, -0.1) is 0 Å². The number of fused-ring (bicyclic) bond motifs is 1. The van der Waals surface area contributed by atoms with Crippen LogP contribution >= 0.6 is 0 Å². The van der Waals surface area contributed by atoms with Crippen LogP contribution in [0.15, 0.2) is 36.8 Å². The summed E-state index contributed by atoms with van der Waals surface area (Å²) >= 11 is 0. The smallest absolute Gasteiger partial charge is 0.178 e. The second kappa shape index (κ2) is 5.57. The van der Waals surface area contributed by atoms with Crippen molar-refractivity contribution in [3.63, 3.8) is 0 Å². The molecule has 0 aliphatic heterocycles. The molecule has 0 bridgehead atoms. The second-order valence-electron chi connectivity index (χ2n) is 6.19. The fourth-order valence-corrected chi connectivity index (χ4v) is 3.03. The minimum atomic E-state index is -0.0434. The second-order valence-corrected chi connectivity index (χ2v) is 6.19. The third-order valence-electron chi connectivity index (χ3n) is 4.56. The molecule has 1 aliphatic carbocycles. The van der Waals surface area contributed by atoms with Crippen LogP contribution in [-0.2, 0) is 6.54 Å². The number of aromatic nitrogens is 4. The maximum atomic E-state index is 11.7. The van der Waals surface area contributed by atoms with Crippen molar-refractivity contribution in [3.05, 3.63) is 53.7 Å². The molecule has 1 aliphatic rings. The summed E-state index contributed by atoms with van der Waals surface area (Å²) in [6.07, 6.45) is 9.39. The van der Waals surface area contributed by atoms with Gasteiger partial charge >= 0.3 is 0 Å². The highest BCUT2D eigenvalue weighted by Gasteiger charge is 2.19. The van der Waals surface area contributed by atoms with E-state index in [4.69, 9.17) is 0 Å². The Morgan fingerprint density at radius 1 is 1.26 bits per heavy atom. The molecule has 1 saturated carbocycles. The summed E-state index contributed by atoms with van der Waals surface area (Å²) < 4.78 is 1.82. The summed E-state index contributed by atoms with van der Waals surface area (Å²) in [5, 5.41) is 5.32. The van der Waals surface area contributed by atoms with Gasteiger partial charge in [-0.3, -0.25) is 19.4 Å². The lowest BCUT2D eigenvalue weighted by atomic mass is 9.81. The zero-order valence-corrected chi connectivity index (χ0v) is 13.1. The molecule has 3 heterocycles. The molecule has 0 aromatic carbocycles. The maximum Gasteiger partial charge on any atom is 0.178 e.